The standard InChI is InChI=1S/C10H11ClFN/c11-10-8(12)4-3-5-9(10)13-6-1-2-7-13/h3-5H,1-2,6-7H2. The lowest BCUT2D eigenvalue weighted by molar-refractivity contribution is 0.627. The van der Waals surface area contributed by atoms with Gasteiger partial charge in [-0.05, 0) is 25.0 Å². The van der Waals surface area contributed by atoms with Crippen LogP contribution in [-0.4, -0.2) is 13.1 Å². The zero-order valence-electron chi connectivity index (χ0n) is 7.26. The van der Waals surface area contributed by atoms with Crippen molar-refractivity contribution in [1.82, 2.24) is 0 Å². The van der Waals surface area contributed by atoms with E-state index in [1.165, 1.54) is 18.9 Å². The molecule has 1 aromatic carbocycles. The fraction of sp³-hybridized carbons (Fsp3) is 0.400. The molecule has 0 bridgehead atoms. The molecule has 70 valence electrons. The highest BCUT2D eigenvalue weighted by Crippen LogP contribution is 2.30. The second-order valence-electron chi connectivity index (χ2n) is 3.27. The first-order chi connectivity index (χ1) is 6.29. The van der Waals surface area contributed by atoms with Gasteiger partial charge in [-0.2, -0.15) is 0 Å². The Kier molecular flexibility index (Phi) is 2.40. The van der Waals surface area contributed by atoms with Crippen LogP contribution in [0.2, 0.25) is 5.02 Å². The van der Waals surface area contributed by atoms with Crippen LogP contribution in [0.4, 0.5) is 10.1 Å². The molecule has 1 nitrogen and oxygen atoms in total. The fourth-order valence-corrected chi connectivity index (χ4v) is 1.94. The average molecular weight is 200 g/mol. The summed E-state index contributed by atoms with van der Waals surface area (Å²) in [5, 5.41) is 0.254. The number of rotatable bonds is 1. The molecule has 1 fully saturated rings. The summed E-state index contributed by atoms with van der Waals surface area (Å²) in [5.74, 6) is -0.328. The van der Waals surface area contributed by atoms with Crippen molar-refractivity contribution in [2.75, 3.05) is 18.0 Å². The first-order valence-electron chi connectivity index (χ1n) is 4.48. The van der Waals surface area contributed by atoms with Crippen LogP contribution in [0.25, 0.3) is 0 Å². The van der Waals surface area contributed by atoms with Crippen LogP contribution in [-0.2, 0) is 0 Å². The molecule has 0 aliphatic carbocycles. The van der Waals surface area contributed by atoms with Gasteiger partial charge >= 0.3 is 0 Å². The molecule has 0 amide bonds. The van der Waals surface area contributed by atoms with E-state index in [0.29, 0.717) is 0 Å². The monoisotopic (exact) mass is 199 g/mol. The molecule has 1 saturated heterocycles. The molecule has 0 N–H and O–H groups in total. The molecular formula is C10H11ClFN. The number of hydrogen-bond donors (Lipinski definition) is 0. The summed E-state index contributed by atoms with van der Waals surface area (Å²) >= 11 is 5.86. The number of benzene rings is 1. The van der Waals surface area contributed by atoms with Crippen molar-refractivity contribution in [3.05, 3.63) is 29.0 Å². The van der Waals surface area contributed by atoms with Gasteiger partial charge in [-0.15, -0.1) is 0 Å². The number of anilines is 1. The smallest absolute Gasteiger partial charge is 0.143 e. The van der Waals surface area contributed by atoms with Gasteiger partial charge in [0.25, 0.3) is 0 Å². The molecule has 1 aliphatic heterocycles. The van der Waals surface area contributed by atoms with Gasteiger partial charge in [-0.1, -0.05) is 17.7 Å². The molecule has 2 rings (SSSR count). The van der Waals surface area contributed by atoms with Crippen LogP contribution < -0.4 is 4.90 Å². The highest BCUT2D eigenvalue weighted by molar-refractivity contribution is 6.33. The molecule has 0 radical (unpaired) electrons. The Hall–Kier alpha value is -0.760. The van der Waals surface area contributed by atoms with Crippen LogP contribution >= 0.6 is 11.6 Å². The van der Waals surface area contributed by atoms with Crippen molar-refractivity contribution in [2.24, 2.45) is 0 Å². The van der Waals surface area contributed by atoms with Crippen LogP contribution in [0.5, 0.6) is 0 Å². The van der Waals surface area contributed by atoms with Gasteiger partial charge in [0.1, 0.15) is 5.82 Å². The van der Waals surface area contributed by atoms with Gasteiger partial charge < -0.3 is 4.90 Å². The lowest BCUT2D eigenvalue weighted by Crippen LogP contribution is -2.18. The van der Waals surface area contributed by atoms with Crippen molar-refractivity contribution >= 4 is 17.3 Å². The first-order valence-corrected chi connectivity index (χ1v) is 4.86. The Balaban J connectivity index is 2.33. The van der Waals surface area contributed by atoms with E-state index in [-0.39, 0.29) is 10.8 Å². The topological polar surface area (TPSA) is 3.24 Å². The van der Waals surface area contributed by atoms with Crippen LogP contribution in [0.3, 0.4) is 0 Å². The predicted molar refractivity (Wildman–Crippen MR) is 52.9 cm³/mol. The molecule has 0 unspecified atom stereocenters. The maximum atomic E-state index is 13.1. The third-order valence-corrected chi connectivity index (χ3v) is 2.75. The van der Waals surface area contributed by atoms with Gasteiger partial charge in [-0.25, -0.2) is 4.39 Å². The number of halogens is 2. The van der Waals surface area contributed by atoms with Crippen LogP contribution in [0.15, 0.2) is 18.2 Å². The lowest BCUT2D eigenvalue weighted by Gasteiger charge is -2.18. The van der Waals surface area contributed by atoms with E-state index < -0.39 is 0 Å². The van der Waals surface area contributed by atoms with Crippen LogP contribution in [0, 0.1) is 5.82 Å². The summed E-state index contributed by atoms with van der Waals surface area (Å²) in [7, 11) is 0. The van der Waals surface area contributed by atoms with Crippen molar-refractivity contribution < 1.29 is 4.39 Å². The maximum Gasteiger partial charge on any atom is 0.143 e. The Morgan fingerprint density at radius 2 is 1.92 bits per heavy atom. The van der Waals surface area contributed by atoms with Gasteiger partial charge in [-0.3, -0.25) is 0 Å². The molecule has 3 heteroatoms. The van der Waals surface area contributed by atoms with Gasteiger partial charge in [0.2, 0.25) is 0 Å². The largest absolute Gasteiger partial charge is 0.370 e. The zero-order chi connectivity index (χ0) is 9.26. The molecule has 1 heterocycles. The minimum atomic E-state index is -0.328. The van der Waals surface area contributed by atoms with E-state index in [1.807, 2.05) is 6.07 Å². The normalized spacial score (nSPS) is 16.6. The van der Waals surface area contributed by atoms with Crippen molar-refractivity contribution in [1.29, 1.82) is 0 Å². The Morgan fingerprint density at radius 3 is 2.62 bits per heavy atom. The Labute approximate surface area is 82.1 Å². The summed E-state index contributed by atoms with van der Waals surface area (Å²) in [5.41, 5.74) is 0.833. The summed E-state index contributed by atoms with van der Waals surface area (Å²) in [6.07, 6.45) is 2.35. The third kappa shape index (κ3) is 1.63. The number of nitrogens with zero attached hydrogens (tertiary/aromatic N) is 1. The van der Waals surface area contributed by atoms with Gasteiger partial charge in [0, 0.05) is 13.1 Å². The van der Waals surface area contributed by atoms with E-state index in [4.69, 9.17) is 11.6 Å². The fourth-order valence-electron chi connectivity index (χ4n) is 1.69. The molecule has 0 atom stereocenters. The summed E-state index contributed by atoms with van der Waals surface area (Å²) < 4.78 is 13.1. The Morgan fingerprint density at radius 1 is 1.23 bits per heavy atom. The average Bonchev–Trinajstić information content (AvgIpc) is 2.62. The molecule has 0 spiro atoms. The second kappa shape index (κ2) is 3.54. The zero-order valence-corrected chi connectivity index (χ0v) is 8.02. The van der Waals surface area contributed by atoms with E-state index >= 15 is 0 Å². The summed E-state index contributed by atoms with van der Waals surface area (Å²) in [4.78, 5) is 2.13. The molecule has 0 aromatic heterocycles. The maximum absolute atomic E-state index is 13.1. The highest BCUT2D eigenvalue weighted by Gasteiger charge is 2.16. The molecule has 13 heavy (non-hydrogen) atoms. The van der Waals surface area contributed by atoms with Crippen molar-refractivity contribution in [2.45, 2.75) is 12.8 Å². The third-order valence-electron chi connectivity index (χ3n) is 2.38. The van der Waals surface area contributed by atoms with E-state index in [0.717, 1.165) is 18.8 Å². The summed E-state index contributed by atoms with van der Waals surface area (Å²) in [6.45, 7) is 1.98. The molecular weight excluding hydrogens is 189 g/mol. The SMILES string of the molecule is Fc1cccc(N2CCCC2)c1Cl. The summed E-state index contributed by atoms with van der Waals surface area (Å²) in [6, 6.07) is 4.97. The number of hydrogen-bond acceptors (Lipinski definition) is 1. The van der Waals surface area contributed by atoms with E-state index in [1.54, 1.807) is 6.07 Å². The molecule has 1 aliphatic rings. The van der Waals surface area contributed by atoms with E-state index in [9.17, 15) is 4.39 Å². The molecule has 0 saturated carbocycles. The second-order valence-corrected chi connectivity index (χ2v) is 3.65. The minimum absolute atomic E-state index is 0.254. The Bertz CT molecular complexity index is 308. The van der Waals surface area contributed by atoms with Crippen LogP contribution in [0.1, 0.15) is 12.8 Å². The first kappa shape index (κ1) is 8.82. The minimum Gasteiger partial charge on any atom is -0.370 e. The van der Waals surface area contributed by atoms with Crippen molar-refractivity contribution in [3.63, 3.8) is 0 Å². The van der Waals surface area contributed by atoms with E-state index in [2.05, 4.69) is 4.90 Å². The predicted octanol–water partition coefficient (Wildman–Crippen LogP) is 3.08. The van der Waals surface area contributed by atoms with Gasteiger partial charge in [0.15, 0.2) is 0 Å². The lowest BCUT2D eigenvalue weighted by atomic mass is 10.3. The highest BCUT2D eigenvalue weighted by atomic mass is 35.5. The van der Waals surface area contributed by atoms with Gasteiger partial charge in [0.05, 0.1) is 10.7 Å². The van der Waals surface area contributed by atoms with Crippen molar-refractivity contribution in [3.8, 4) is 0 Å². The quantitative estimate of drug-likeness (QED) is 0.672. The molecule has 1 aromatic rings.